The van der Waals surface area contributed by atoms with E-state index in [9.17, 15) is 14.0 Å². The average Bonchev–Trinajstić information content (AvgIpc) is 3.48. The van der Waals surface area contributed by atoms with Gasteiger partial charge in [0.2, 0.25) is 0 Å². The van der Waals surface area contributed by atoms with Gasteiger partial charge in [0.05, 0.1) is 33.5 Å². The van der Waals surface area contributed by atoms with Gasteiger partial charge in [0.25, 0.3) is 5.56 Å². The van der Waals surface area contributed by atoms with Crippen LogP contribution in [0.15, 0.2) is 86.1 Å². The van der Waals surface area contributed by atoms with Crippen LogP contribution in [0.1, 0.15) is 37.0 Å². The molecule has 0 radical (unpaired) electrons. The highest BCUT2D eigenvalue weighted by Gasteiger charge is 2.33. The fourth-order valence-electron chi connectivity index (χ4n) is 4.14. The molecule has 1 aliphatic heterocycles. The Morgan fingerprint density at radius 2 is 2.00 bits per heavy atom. The van der Waals surface area contributed by atoms with Gasteiger partial charge in [-0.05, 0) is 43.7 Å². The first-order chi connectivity index (χ1) is 18.4. The molecule has 1 atom stereocenters. The van der Waals surface area contributed by atoms with Gasteiger partial charge in [0, 0.05) is 12.1 Å². The van der Waals surface area contributed by atoms with Crippen molar-refractivity contribution >= 4 is 35.0 Å². The third kappa shape index (κ3) is 5.07. The number of rotatable bonds is 7. The summed E-state index contributed by atoms with van der Waals surface area (Å²) in [7, 11) is 0. The number of carbonyl (C=O) groups excluding carboxylic acids is 1. The summed E-state index contributed by atoms with van der Waals surface area (Å²) in [6.07, 6.45) is 1.63. The molecule has 38 heavy (non-hydrogen) atoms. The van der Waals surface area contributed by atoms with Crippen molar-refractivity contribution in [3.63, 3.8) is 0 Å². The number of allylic oxidation sites excluding steroid dienone is 1. The zero-order chi connectivity index (χ0) is 26.8. The summed E-state index contributed by atoms with van der Waals surface area (Å²) in [4.78, 5) is 31.5. The third-order valence-corrected chi connectivity index (χ3v) is 7.13. The molecule has 0 bridgehead atoms. The Morgan fingerprint density at radius 1 is 1.21 bits per heavy atom. The van der Waals surface area contributed by atoms with Crippen LogP contribution in [0.4, 0.5) is 4.39 Å². The summed E-state index contributed by atoms with van der Waals surface area (Å²) in [6, 6.07) is 16.2. The Labute approximate surface area is 225 Å². The second-order valence-corrected chi connectivity index (χ2v) is 9.80. The van der Waals surface area contributed by atoms with Gasteiger partial charge in [-0.25, -0.2) is 14.2 Å². The Kier molecular flexibility index (Phi) is 7.31. The Morgan fingerprint density at radius 3 is 2.74 bits per heavy atom. The van der Waals surface area contributed by atoms with Crippen molar-refractivity contribution in [2.24, 2.45) is 4.99 Å². The maximum atomic E-state index is 13.6. The molecule has 0 fully saturated rings. The molecule has 2 aromatic carbocycles. The van der Waals surface area contributed by atoms with E-state index < -0.39 is 17.8 Å². The summed E-state index contributed by atoms with van der Waals surface area (Å²) in [5, 5.41) is -0.0341. The summed E-state index contributed by atoms with van der Waals surface area (Å²) < 4.78 is 32.0. The highest BCUT2D eigenvalue weighted by atomic mass is 35.5. The van der Waals surface area contributed by atoms with Crippen LogP contribution in [0.3, 0.4) is 0 Å². The molecule has 0 saturated heterocycles. The number of carbonyl (C=O) groups is 1. The number of aromatic nitrogens is 1. The lowest BCUT2D eigenvalue weighted by molar-refractivity contribution is -0.139. The quantitative estimate of drug-likeness (QED) is 0.309. The number of thiazole rings is 1. The number of ether oxygens (including phenoxy) is 2. The van der Waals surface area contributed by atoms with E-state index in [1.54, 1.807) is 32.1 Å². The van der Waals surface area contributed by atoms with Crippen molar-refractivity contribution in [2.45, 2.75) is 26.5 Å². The van der Waals surface area contributed by atoms with Gasteiger partial charge in [-0.1, -0.05) is 53.3 Å². The van der Waals surface area contributed by atoms with Crippen LogP contribution in [0, 0.1) is 5.82 Å². The number of hydrogen-bond acceptors (Lipinski definition) is 7. The standard InChI is InChI=1S/C28H22ClFN2O5S/c1-3-35-27(34)24-16(2)31-28-32(25(24)17-7-5-4-6-8-17)26(33)23(38-28)14-19-9-10-20(37-19)15-36-18-11-12-22(30)21(29)13-18/h4-14,25H,3,15H2,1-2H3/b23-14-. The summed E-state index contributed by atoms with van der Waals surface area (Å²) in [6.45, 7) is 3.78. The number of halogens is 2. The number of esters is 1. The SMILES string of the molecule is CCOC(=O)C1=C(C)N=c2s/c(=C\c3ccc(COc4ccc(F)c(Cl)c4)o3)c(=O)n2C1c1ccccc1. The van der Waals surface area contributed by atoms with E-state index in [2.05, 4.69) is 4.99 Å². The monoisotopic (exact) mass is 552 g/mol. The first kappa shape index (κ1) is 25.7. The molecule has 7 nitrogen and oxygen atoms in total. The van der Waals surface area contributed by atoms with Gasteiger partial charge in [0.15, 0.2) is 4.80 Å². The zero-order valence-corrected chi connectivity index (χ0v) is 22.0. The maximum absolute atomic E-state index is 13.6. The Balaban J connectivity index is 1.49. The molecule has 0 amide bonds. The Bertz CT molecular complexity index is 1720. The van der Waals surface area contributed by atoms with E-state index in [0.717, 1.165) is 5.56 Å². The second-order valence-electron chi connectivity index (χ2n) is 8.38. The van der Waals surface area contributed by atoms with E-state index in [4.69, 9.17) is 25.5 Å². The van der Waals surface area contributed by atoms with Crippen molar-refractivity contribution in [3.8, 4) is 5.75 Å². The van der Waals surface area contributed by atoms with Crippen LogP contribution >= 0.6 is 22.9 Å². The van der Waals surface area contributed by atoms with Crippen molar-refractivity contribution in [3.05, 3.63) is 120 Å². The van der Waals surface area contributed by atoms with Crippen LogP contribution < -0.4 is 19.6 Å². The van der Waals surface area contributed by atoms with Crippen LogP contribution in [-0.2, 0) is 16.1 Å². The largest absolute Gasteiger partial charge is 0.486 e. The summed E-state index contributed by atoms with van der Waals surface area (Å²) >= 11 is 7.01. The lowest BCUT2D eigenvalue weighted by atomic mass is 9.96. The topological polar surface area (TPSA) is 83.0 Å². The molecule has 0 N–H and O–H groups in total. The maximum Gasteiger partial charge on any atom is 0.338 e. The molecule has 10 heteroatoms. The number of benzene rings is 2. The van der Waals surface area contributed by atoms with Crippen molar-refractivity contribution in [1.29, 1.82) is 0 Å². The predicted molar refractivity (Wildman–Crippen MR) is 141 cm³/mol. The highest BCUT2D eigenvalue weighted by molar-refractivity contribution is 7.07. The molecule has 1 unspecified atom stereocenters. The molecule has 5 rings (SSSR count). The van der Waals surface area contributed by atoms with Crippen LogP contribution in [0.5, 0.6) is 5.75 Å². The minimum absolute atomic E-state index is 0.0341. The van der Waals surface area contributed by atoms with Crippen LogP contribution in [-0.4, -0.2) is 17.1 Å². The summed E-state index contributed by atoms with van der Waals surface area (Å²) in [5.74, 6) is 0.321. The molecular weight excluding hydrogens is 531 g/mol. The predicted octanol–water partition coefficient (Wildman–Crippen LogP) is 4.76. The molecule has 0 aliphatic carbocycles. The van der Waals surface area contributed by atoms with E-state index in [1.165, 1.54) is 34.1 Å². The molecule has 194 valence electrons. The van der Waals surface area contributed by atoms with Crippen LogP contribution in [0.2, 0.25) is 5.02 Å². The van der Waals surface area contributed by atoms with Crippen molar-refractivity contribution in [2.75, 3.05) is 6.61 Å². The first-order valence-corrected chi connectivity index (χ1v) is 13.0. The smallest absolute Gasteiger partial charge is 0.338 e. The fourth-order valence-corrected chi connectivity index (χ4v) is 5.34. The molecule has 0 saturated carbocycles. The third-order valence-electron chi connectivity index (χ3n) is 5.86. The number of furan rings is 1. The van der Waals surface area contributed by atoms with Crippen LogP contribution in [0.25, 0.3) is 6.08 Å². The minimum Gasteiger partial charge on any atom is -0.486 e. The normalized spacial score (nSPS) is 15.3. The number of hydrogen-bond donors (Lipinski definition) is 0. The number of fused-ring (bicyclic) bond motifs is 1. The minimum atomic E-state index is -0.670. The average molecular weight is 553 g/mol. The van der Waals surface area contributed by atoms with E-state index in [0.29, 0.717) is 37.9 Å². The highest BCUT2D eigenvalue weighted by Crippen LogP contribution is 2.30. The molecule has 0 spiro atoms. The van der Waals surface area contributed by atoms with Gasteiger partial charge < -0.3 is 13.9 Å². The van der Waals surface area contributed by atoms with E-state index in [1.807, 2.05) is 30.3 Å². The molecule has 3 heterocycles. The van der Waals surface area contributed by atoms with Gasteiger partial charge in [-0.2, -0.15) is 0 Å². The van der Waals surface area contributed by atoms with Gasteiger partial charge in [-0.3, -0.25) is 9.36 Å². The number of nitrogens with zero attached hydrogens (tertiary/aromatic N) is 2. The van der Waals surface area contributed by atoms with Crippen molar-refractivity contribution < 1.29 is 23.1 Å². The van der Waals surface area contributed by atoms with E-state index >= 15 is 0 Å². The first-order valence-electron chi connectivity index (χ1n) is 11.8. The second kappa shape index (κ2) is 10.8. The molecule has 4 aromatic rings. The lowest BCUT2D eigenvalue weighted by Crippen LogP contribution is -2.39. The molecular formula is C28H22ClFN2O5S. The molecule has 2 aromatic heterocycles. The van der Waals surface area contributed by atoms with E-state index in [-0.39, 0.29) is 23.8 Å². The van der Waals surface area contributed by atoms with Gasteiger partial charge in [-0.15, -0.1) is 0 Å². The summed E-state index contributed by atoms with van der Waals surface area (Å²) in [5.41, 5.74) is 1.31. The van der Waals surface area contributed by atoms with Gasteiger partial charge in [0.1, 0.15) is 29.7 Å². The fraction of sp³-hybridized carbons (Fsp3) is 0.179. The van der Waals surface area contributed by atoms with Crippen molar-refractivity contribution in [1.82, 2.24) is 4.57 Å². The van der Waals surface area contributed by atoms with Gasteiger partial charge >= 0.3 is 5.97 Å². The molecule has 1 aliphatic rings. The Hall–Kier alpha value is -3.95. The zero-order valence-electron chi connectivity index (χ0n) is 20.4. The lowest BCUT2D eigenvalue weighted by Gasteiger charge is -2.24.